The lowest BCUT2D eigenvalue weighted by molar-refractivity contribution is -0.385. The fourth-order valence-corrected chi connectivity index (χ4v) is 3.46. The number of carbonyl (C=O) groups is 1. The van der Waals surface area contributed by atoms with E-state index in [1.54, 1.807) is 6.07 Å². The number of nitrogens with one attached hydrogen (secondary N) is 2. The van der Waals surface area contributed by atoms with Crippen LogP contribution in [0, 0.1) is 10.1 Å². The van der Waals surface area contributed by atoms with Gasteiger partial charge in [-0.3, -0.25) is 14.9 Å². The fourth-order valence-electron chi connectivity index (χ4n) is 3.22. The third-order valence-electron chi connectivity index (χ3n) is 4.30. The first-order chi connectivity index (χ1) is 12.0. The second-order valence-electron chi connectivity index (χ2n) is 5.73. The van der Waals surface area contributed by atoms with Crippen LogP contribution in [-0.2, 0) is 4.79 Å². The Bertz CT molecular complexity index is 805. The van der Waals surface area contributed by atoms with Crippen molar-refractivity contribution in [2.24, 2.45) is 0 Å². The number of methoxy groups -OCH3 is 2. The maximum absolute atomic E-state index is 12.4. The van der Waals surface area contributed by atoms with Crippen molar-refractivity contribution < 1.29 is 19.2 Å². The molecule has 0 saturated heterocycles. The number of nitrogens with zero attached hydrogens (tertiary/aromatic N) is 1. The van der Waals surface area contributed by atoms with Crippen LogP contribution in [-0.4, -0.2) is 30.0 Å². The molecule has 3 rings (SSSR count). The third-order valence-corrected chi connectivity index (χ3v) is 4.52. The smallest absolute Gasteiger partial charge is 0.315 e. The lowest BCUT2D eigenvalue weighted by atomic mass is 9.85. The van der Waals surface area contributed by atoms with Gasteiger partial charge in [-0.1, -0.05) is 0 Å². The predicted octanol–water partition coefficient (Wildman–Crippen LogP) is 2.14. The molecule has 0 radical (unpaired) electrons. The number of rotatable bonds is 4. The second-order valence-corrected chi connectivity index (χ2v) is 6.14. The monoisotopic (exact) mass is 363 g/mol. The van der Waals surface area contributed by atoms with E-state index in [1.165, 1.54) is 20.3 Å². The van der Waals surface area contributed by atoms with Crippen LogP contribution in [0.4, 0.5) is 5.69 Å². The Kier molecular flexibility index (Phi) is 4.58. The Labute approximate surface area is 149 Å². The minimum absolute atomic E-state index is 0.00573. The zero-order valence-corrected chi connectivity index (χ0v) is 14.6. The van der Waals surface area contributed by atoms with Crippen molar-refractivity contribution in [3.63, 3.8) is 0 Å². The van der Waals surface area contributed by atoms with Gasteiger partial charge >= 0.3 is 5.69 Å². The highest BCUT2D eigenvalue weighted by atomic mass is 32.1. The minimum atomic E-state index is -0.560. The van der Waals surface area contributed by atoms with Crippen LogP contribution >= 0.6 is 12.2 Å². The number of Topliss-reactive ketones (excluding diaryl/α,β-unsaturated/α-hetero) is 1. The highest BCUT2D eigenvalue weighted by Gasteiger charge is 2.35. The zero-order chi connectivity index (χ0) is 18.1. The summed E-state index contributed by atoms with van der Waals surface area (Å²) in [6, 6.07) is 2.46. The molecule has 1 aliphatic heterocycles. The SMILES string of the molecule is COc1cc(C2NC(=S)NC3=C2C(=O)CCC3)cc([N+](=O)[O-])c1OC. The van der Waals surface area contributed by atoms with Crippen molar-refractivity contribution in [2.75, 3.05) is 14.2 Å². The number of hydrogen-bond acceptors (Lipinski definition) is 6. The molecule has 2 aliphatic rings. The van der Waals surface area contributed by atoms with Gasteiger partial charge in [-0.05, 0) is 36.7 Å². The summed E-state index contributed by atoms with van der Waals surface area (Å²) in [5, 5.41) is 17.9. The van der Waals surface area contributed by atoms with Gasteiger partial charge in [0.1, 0.15) is 0 Å². The van der Waals surface area contributed by atoms with Gasteiger partial charge in [0.2, 0.25) is 5.75 Å². The van der Waals surface area contributed by atoms with E-state index in [-0.39, 0.29) is 23.0 Å². The zero-order valence-electron chi connectivity index (χ0n) is 13.8. The molecule has 1 aromatic rings. The molecule has 0 fully saturated rings. The number of nitro groups is 1. The normalized spacial score (nSPS) is 19.7. The number of nitro benzene ring substituents is 1. The van der Waals surface area contributed by atoms with Gasteiger partial charge < -0.3 is 20.1 Å². The van der Waals surface area contributed by atoms with E-state index < -0.39 is 11.0 Å². The summed E-state index contributed by atoms with van der Waals surface area (Å²) < 4.78 is 10.4. The first-order valence-corrected chi connectivity index (χ1v) is 8.11. The standard InChI is InChI=1S/C16H17N3O5S/c1-23-12-7-8(6-10(19(21)22)15(12)24-2)14-13-9(17-16(25)18-14)4-3-5-11(13)20/h6-7,14H,3-5H2,1-2H3,(H2,17,18,25). The van der Waals surface area contributed by atoms with Crippen molar-refractivity contribution in [2.45, 2.75) is 25.3 Å². The molecule has 1 aliphatic carbocycles. The van der Waals surface area contributed by atoms with Gasteiger partial charge in [0.25, 0.3) is 0 Å². The van der Waals surface area contributed by atoms with Crippen molar-refractivity contribution in [3.8, 4) is 11.5 Å². The number of allylic oxidation sites excluding steroid dienone is 1. The minimum Gasteiger partial charge on any atom is -0.493 e. The molecule has 1 atom stereocenters. The van der Waals surface area contributed by atoms with E-state index in [2.05, 4.69) is 10.6 Å². The van der Waals surface area contributed by atoms with Crippen LogP contribution in [0.25, 0.3) is 0 Å². The summed E-state index contributed by atoms with van der Waals surface area (Å²) in [4.78, 5) is 23.3. The summed E-state index contributed by atoms with van der Waals surface area (Å²) in [6.07, 6.45) is 1.92. The van der Waals surface area contributed by atoms with Crippen LogP contribution in [0.15, 0.2) is 23.4 Å². The molecule has 1 unspecified atom stereocenters. The van der Waals surface area contributed by atoms with Crippen LogP contribution in [0.5, 0.6) is 11.5 Å². The van der Waals surface area contributed by atoms with Crippen molar-refractivity contribution >= 4 is 28.8 Å². The molecule has 132 valence electrons. The topological polar surface area (TPSA) is 103 Å². The maximum atomic E-state index is 12.4. The molecule has 25 heavy (non-hydrogen) atoms. The fraction of sp³-hybridized carbons (Fsp3) is 0.375. The summed E-state index contributed by atoms with van der Waals surface area (Å²) in [5.74, 6) is 0.270. The van der Waals surface area contributed by atoms with Gasteiger partial charge in [0.05, 0.1) is 25.2 Å². The van der Waals surface area contributed by atoms with E-state index in [0.717, 1.165) is 18.5 Å². The molecular formula is C16H17N3O5S. The summed E-state index contributed by atoms with van der Waals surface area (Å²) in [6.45, 7) is 0. The number of carbonyl (C=O) groups excluding carboxylic acids is 1. The average Bonchev–Trinajstić information content (AvgIpc) is 2.59. The molecule has 2 N–H and O–H groups in total. The second kappa shape index (κ2) is 6.67. The van der Waals surface area contributed by atoms with Gasteiger partial charge in [-0.15, -0.1) is 0 Å². The van der Waals surface area contributed by atoms with Crippen LogP contribution < -0.4 is 20.1 Å². The summed E-state index contributed by atoms with van der Waals surface area (Å²) >= 11 is 5.23. The molecule has 0 saturated carbocycles. The highest BCUT2D eigenvalue weighted by Crippen LogP contribution is 2.42. The van der Waals surface area contributed by atoms with Crippen LogP contribution in [0.2, 0.25) is 0 Å². The summed E-state index contributed by atoms with van der Waals surface area (Å²) in [5.41, 5.74) is 1.65. The quantitative estimate of drug-likeness (QED) is 0.476. The highest BCUT2D eigenvalue weighted by molar-refractivity contribution is 7.80. The Morgan fingerprint density at radius 2 is 2.04 bits per heavy atom. The molecule has 0 aromatic heterocycles. The molecule has 8 nitrogen and oxygen atoms in total. The van der Waals surface area contributed by atoms with E-state index in [0.29, 0.717) is 22.7 Å². The van der Waals surface area contributed by atoms with Gasteiger partial charge in [-0.2, -0.15) is 0 Å². The maximum Gasteiger partial charge on any atom is 0.315 e. The lowest BCUT2D eigenvalue weighted by Crippen LogP contribution is -2.46. The molecular weight excluding hydrogens is 346 g/mol. The Morgan fingerprint density at radius 1 is 1.28 bits per heavy atom. The lowest BCUT2D eigenvalue weighted by Gasteiger charge is -2.33. The molecule has 1 aromatic carbocycles. The van der Waals surface area contributed by atoms with Crippen molar-refractivity contribution in [1.82, 2.24) is 10.6 Å². The van der Waals surface area contributed by atoms with Gasteiger partial charge in [0.15, 0.2) is 16.6 Å². The largest absolute Gasteiger partial charge is 0.493 e. The van der Waals surface area contributed by atoms with Crippen LogP contribution in [0.3, 0.4) is 0 Å². The Balaban J connectivity index is 2.17. The predicted molar refractivity (Wildman–Crippen MR) is 93.7 cm³/mol. The Hall–Kier alpha value is -2.68. The Morgan fingerprint density at radius 3 is 2.68 bits per heavy atom. The van der Waals surface area contributed by atoms with Crippen molar-refractivity contribution in [1.29, 1.82) is 0 Å². The van der Waals surface area contributed by atoms with Crippen LogP contribution in [0.1, 0.15) is 30.9 Å². The molecule has 1 heterocycles. The van der Waals surface area contributed by atoms with Crippen molar-refractivity contribution in [3.05, 3.63) is 39.1 Å². The number of ketones is 1. The first kappa shape index (κ1) is 17.2. The number of ether oxygens (including phenoxy) is 2. The van der Waals surface area contributed by atoms with E-state index in [1.807, 2.05) is 0 Å². The summed E-state index contributed by atoms with van der Waals surface area (Å²) in [7, 11) is 2.75. The van der Waals surface area contributed by atoms with E-state index in [9.17, 15) is 14.9 Å². The first-order valence-electron chi connectivity index (χ1n) is 7.70. The molecule has 0 bridgehead atoms. The third kappa shape index (κ3) is 3.02. The van der Waals surface area contributed by atoms with E-state index >= 15 is 0 Å². The number of hydrogen-bond donors (Lipinski definition) is 2. The van der Waals surface area contributed by atoms with Gasteiger partial charge in [-0.25, -0.2) is 0 Å². The molecule has 0 amide bonds. The molecule has 9 heteroatoms. The molecule has 0 spiro atoms. The number of benzene rings is 1. The average molecular weight is 363 g/mol. The van der Waals surface area contributed by atoms with E-state index in [4.69, 9.17) is 21.7 Å². The number of thiocarbonyl (C=S) groups is 1. The van der Waals surface area contributed by atoms with Gasteiger partial charge in [0, 0.05) is 23.8 Å².